The highest BCUT2D eigenvalue weighted by Crippen LogP contribution is 2.19. The molecule has 2 rings (SSSR count). The van der Waals surface area contributed by atoms with Gasteiger partial charge in [-0.25, -0.2) is 0 Å². The first kappa shape index (κ1) is 16.1. The first-order valence-corrected chi connectivity index (χ1v) is 8.79. The van der Waals surface area contributed by atoms with E-state index in [0.717, 1.165) is 6.54 Å². The second-order valence-electron chi connectivity index (χ2n) is 5.77. The lowest BCUT2D eigenvalue weighted by Crippen LogP contribution is -2.18. The maximum atomic E-state index is 3.59. The molecule has 0 heterocycles. The van der Waals surface area contributed by atoms with E-state index in [1.165, 1.54) is 21.6 Å². The van der Waals surface area contributed by atoms with Crippen LogP contribution in [0.5, 0.6) is 0 Å². The normalized spacial score (nSPS) is 12.6. The van der Waals surface area contributed by atoms with Crippen LogP contribution in [0.15, 0.2) is 53.4 Å². The van der Waals surface area contributed by atoms with E-state index < -0.39 is 0 Å². The molecule has 2 aromatic carbocycles. The molecule has 1 unspecified atom stereocenters. The second kappa shape index (κ2) is 7.67. The van der Waals surface area contributed by atoms with Crippen molar-refractivity contribution in [2.24, 2.45) is 0 Å². The minimum Gasteiger partial charge on any atom is -0.306 e. The summed E-state index contributed by atoms with van der Waals surface area (Å²) in [5.41, 5.74) is 4.08. The van der Waals surface area contributed by atoms with Crippen LogP contribution in [0.1, 0.15) is 49.4 Å². The number of thioether (sulfide) groups is 1. The fourth-order valence-corrected chi connectivity index (χ4v) is 2.71. The largest absolute Gasteiger partial charge is 0.306 e. The lowest BCUT2D eigenvalue weighted by Gasteiger charge is -2.15. The fraction of sp³-hybridized carbons (Fsp3) is 0.368. The molecule has 0 saturated heterocycles. The zero-order chi connectivity index (χ0) is 15.2. The summed E-state index contributed by atoms with van der Waals surface area (Å²) in [6.07, 6.45) is 2.11. The monoisotopic (exact) mass is 299 g/mol. The van der Waals surface area contributed by atoms with Crippen molar-refractivity contribution < 1.29 is 0 Å². The van der Waals surface area contributed by atoms with Gasteiger partial charge in [-0.2, -0.15) is 0 Å². The molecule has 1 N–H and O–H groups in total. The highest BCUT2D eigenvalue weighted by Gasteiger charge is 2.05. The SMILES string of the molecule is CSc1ccc(C(C)NCc2ccc(C(C)C)cc2)cc1. The molecule has 2 aromatic rings. The predicted molar refractivity (Wildman–Crippen MR) is 94.0 cm³/mol. The van der Waals surface area contributed by atoms with E-state index in [1.54, 1.807) is 11.8 Å². The van der Waals surface area contributed by atoms with E-state index in [0.29, 0.717) is 12.0 Å². The van der Waals surface area contributed by atoms with E-state index in [9.17, 15) is 0 Å². The third-order valence-electron chi connectivity index (χ3n) is 3.87. The fourth-order valence-electron chi connectivity index (χ4n) is 2.30. The predicted octanol–water partition coefficient (Wildman–Crippen LogP) is 5.38. The molecule has 21 heavy (non-hydrogen) atoms. The van der Waals surface area contributed by atoms with Gasteiger partial charge >= 0.3 is 0 Å². The summed E-state index contributed by atoms with van der Waals surface area (Å²) in [4.78, 5) is 1.32. The van der Waals surface area contributed by atoms with Crippen molar-refractivity contribution in [1.82, 2.24) is 5.32 Å². The van der Waals surface area contributed by atoms with Crippen LogP contribution in [-0.4, -0.2) is 6.26 Å². The Kier molecular flexibility index (Phi) is 5.89. The quantitative estimate of drug-likeness (QED) is 0.718. The Bertz CT molecular complexity index is 543. The van der Waals surface area contributed by atoms with E-state index in [4.69, 9.17) is 0 Å². The van der Waals surface area contributed by atoms with Gasteiger partial charge in [-0.1, -0.05) is 50.2 Å². The zero-order valence-electron chi connectivity index (χ0n) is 13.4. The molecule has 0 fully saturated rings. The molecule has 0 aliphatic rings. The summed E-state index contributed by atoms with van der Waals surface area (Å²) in [6, 6.07) is 18.1. The van der Waals surface area contributed by atoms with Gasteiger partial charge in [-0.3, -0.25) is 0 Å². The maximum Gasteiger partial charge on any atom is 0.0294 e. The van der Waals surface area contributed by atoms with E-state index in [1.807, 2.05) is 0 Å². The van der Waals surface area contributed by atoms with Crippen LogP contribution in [0.2, 0.25) is 0 Å². The highest BCUT2D eigenvalue weighted by molar-refractivity contribution is 7.98. The summed E-state index contributed by atoms with van der Waals surface area (Å²) < 4.78 is 0. The van der Waals surface area contributed by atoms with Crippen molar-refractivity contribution >= 4 is 11.8 Å². The van der Waals surface area contributed by atoms with Crippen LogP contribution in [0.25, 0.3) is 0 Å². The molecule has 0 amide bonds. The minimum absolute atomic E-state index is 0.366. The van der Waals surface area contributed by atoms with Crippen LogP contribution in [-0.2, 0) is 6.54 Å². The lowest BCUT2D eigenvalue weighted by atomic mass is 10.0. The van der Waals surface area contributed by atoms with Crippen molar-refractivity contribution in [1.29, 1.82) is 0 Å². The molecule has 2 heteroatoms. The van der Waals surface area contributed by atoms with Crippen LogP contribution in [0, 0.1) is 0 Å². The molecule has 0 spiro atoms. The first-order valence-electron chi connectivity index (χ1n) is 7.56. The number of nitrogens with one attached hydrogen (secondary N) is 1. The molecule has 0 saturated carbocycles. The molecule has 1 atom stereocenters. The Balaban J connectivity index is 1.92. The van der Waals surface area contributed by atoms with Gasteiger partial charge in [0.1, 0.15) is 0 Å². The number of rotatable bonds is 6. The average Bonchev–Trinajstić information content (AvgIpc) is 2.53. The summed E-state index contributed by atoms with van der Waals surface area (Å²) in [7, 11) is 0. The molecule has 0 bridgehead atoms. The van der Waals surface area contributed by atoms with Crippen molar-refractivity contribution in [3.63, 3.8) is 0 Å². The van der Waals surface area contributed by atoms with E-state index in [-0.39, 0.29) is 0 Å². The van der Waals surface area contributed by atoms with Gasteiger partial charge in [0.25, 0.3) is 0 Å². The van der Waals surface area contributed by atoms with Gasteiger partial charge in [0.15, 0.2) is 0 Å². The summed E-state index contributed by atoms with van der Waals surface area (Å²) in [5, 5.41) is 3.59. The van der Waals surface area contributed by atoms with Crippen molar-refractivity contribution in [2.75, 3.05) is 6.26 Å². The van der Waals surface area contributed by atoms with Crippen molar-refractivity contribution in [3.05, 3.63) is 65.2 Å². The number of hydrogen-bond donors (Lipinski definition) is 1. The van der Waals surface area contributed by atoms with Gasteiger partial charge in [0.05, 0.1) is 0 Å². The van der Waals surface area contributed by atoms with Gasteiger partial charge in [-0.05, 0) is 47.9 Å². The average molecular weight is 299 g/mol. The Hall–Kier alpha value is -1.25. The standard InChI is InChI=1S/C19H25NS/c1-14(2)17-7-5-16(6-8-17)13-20-15(3)18-9-11-19(21-4)12-10-18/h5-12,14-15,20H,13H2,1-4H3. The third kappa shape index (κ3) is 4.62. The van der Waals surface area contributed by atoms with Crippen LogP contribution in [0.4, 0.5) is 0 Å². The van der Waals surface area contributed by atoms with Crippen molar-refractivity contribution in [3.8, 4) is 0 Å². The summed E-state index contributed by atoms with van der Waals surface area (Å²) in [5.74, 6) is 0.598. The Morgan fingerprint density at radius 1 is 0.857 bits per heavy atom. The smallest absolute Gasteiger partial charge is 0.0294 e. The molecule has 1 nitrogen and oxygen atoms in total. The van der Waals surface area contributed by atoms with Crippen LogP contribution >= 0.6 is 11.8 Å². The molecule has 0 aromatic heterocycles. The Labute approximate surface area is 133 Å². The van der Waals surface area contributed by atoms with Gasteiger partial charge in [0.2, 0.25) is 0 Å². The molecular weight excluding hydrogens is 274 g/mol. The Morgan fingerprint density at radius 3 is 1.95 bits per heavy atom. The van der Waals surface area contributed by atoms with Gasteiger partial charge < -0.3 is 5.32 Å². The van der Waals surface area contributed by atoms with E-state index in [2.05, 4.69) is 80.9 Å². The molecule has 0 aliphatic heterocycles. The van der Waals surface area contributed by atoms with Gasteiger partial charge in [-0.15, -0.1) is 11.8 Å². The zero-order valence-corrected chi connectivity index (χ0v) is 14.2. The molecule has 112 valence electrons. The molecule has 0 aliphatic carbocycles. The molecular formula is C19H25NS. The Morgan fingerprint density at radius 2 is 1.43 bits per heavy atom. The third-order valence-corrected chi connectivity index (χ3v) is 4.62. The van der Waals surface area contributed by atoms with Crippen LogP contribution < -0.4 is 5.32 Å². The minimum atomic E-state index is 0.366. The topological polar surface area (TPSA) is 12.0 Å². The van der Waals surface area contributed by atoms with Gasteiger partial charge in [0, 0.05) is 17.5 Å². The summed E-state index contributed by atoms with van der Waals surface area (Å²) >= 11 is 1.78. The van der Waals surface area contributed by atoms with E-state index >= 15 is 0 Å². The first-order chi connectivity index (χ1) is 10.1. The lowest BCUT2D eigenvalue weighted by molar-refractivity contribution is 0.574. The molecule has 0 radical (unpaired) electrons. The number of hydrogen-bond acceptors (Lipinski definition) is 2. The van der Waals surface area contributed by atoms with Crippen molar-refractivity contribution in [2.45, 2.75) is 44.2 Å². The second-order valence-corrected chi connectivity index (χ2v) is 6.65. The highest BCUT2D eigenvalue weighted by atomic mass is 32.2. The summed E-state index contributed by atoms with van der Waals surface area (Å²) in [6.45, 7) is 7.58. The van der Waals surface area contributed by atoms with Crippen LogP contribution in [0.3, 0.4) is 0 Å². The maximum absolute atomic E-state index is 3.59. The number of benzene rings is 2.